The SMILES string of the molecule is COC[C@H](C(=O)N[C@@H](CCCc1ccccc1)B1OC(C)(C)C(C)(C)O1)N1C(=O)c2ccccc2C1=O. The van der Waals surface area contributed by atoms with E-state index in [1.807, 2.05) is 45.9 Å². The number of hydrogen-bond acceptors (Lipinski definition) is 6. The average Bonchev–Trinajstić information content (AvgIpc) is 3.24. The van der Waals surface area contributed by atoms with Crippen molar-refractivity contribution in [2.75, 3.05) is 13.7 Å². The van der Waals surface area contributed by atoms with Gasteiger partial charge in [0.2, 0.25) is 5.91 Å². The number of fused-ring (bicyclic) bond motifs is 1. The molecule has 1 saturated heterocycles. The van der Waals surface area contributed by atoms with E-state index in [0.717, 1.165) is 17.7 Å². The first-order chi connectivity index (χ1) is 17.6. The number of nitrogens with one attached hydrogen (secondary N) is 1. The number of methoxy groups -OCH3 is 1. The first-order valence-electron chi connectivity index (χ1n) is 12.7. The van der Waals surface area contributed by atoms with Crippen molar-refractivity contribution in [3.05, 3.63) is 71.3 Å². The molecule has 2 atom stereocenters. The van der Waals surface area contributed by atoms with E-state index in [9.17, 15) is 14.4 Å². The molecule has 2 aromatic carbocycles. The van der Waals surface area contributed by atoms with Crippen molar-refractivity contribution in [2.45, 2.75) is 70.1 Å². The van der Waals surface area contributed by atoms with Crippen LogP contribution in [-0.4, -0.2) is 66.6 Å². The molecule has 196 valence electrons. The minimum absolute atomic E-state index is 0.128. The van der Waals surface area contributed by atoms with Crippen LogP contribution in [0.2, 0.25) is 0 Å². The van der Waals surface area contributed by atoms with Crippen LogP contribution in [-0.2, 0) is 25.3 Å². The molecule has 1 fully saturated rings. The Morgan fingerprint density at radius 2 is 1.49 bits per heavy atom. The molecule has 0 bridgehead atoms. The summed E-state index contributed by atoms with van der Waals surface area (Å²) in [7, 11) is 0.749. The van der Waals surface area contributed by atoms with E-state index in [-0.39, 0.29) is 17.7 Å². The lowest BCUT2D eigenvalue weighted by Gasteiger charge is -2.32. The fraction of sp³-hybridized carbons (Fsp3) is 0.464. The minimum atomic E-state index is -1.13. The van der Waals surface area contributed by atoms with Gasteiger partial charge in [-0.25, -0.2) is 0 Å². The van der Waals surface area contributed by atoms with Crippen LogP contribution < -0.4 is 5.32 Å². The maximum absolute atomic E-state index is 13.6. The molecule has 8 nitrogen and oxygen atoms in total. The maximum Gasteiger partial charge on any atom is 0.481 e. The molecule has 0 aliphatic carbocycles. The minimum Gasteiger partial charge on any atom is -0.402 e. The zero-order valence-corrected chi connectivity index (χ0v) is 22.2. The van der Waals surface area contributed by atoms with E-state index in [1.54, 1.807) is 24.3 Å². The van der Waals surface area contributed by atoms with Crippen molar-refractivity contribution < 1.29 is 28.4 Å². The van der Waals surface area contributed by atoms with Gasteiger partial charge < -0.3 is 19.4 Å². The number of hydrogen-bond donors (Lipinski definition) is 1. The van der Waals surface area contributed by atoms with Gasteiger partial charge in [0.1, 0.15) is 6.04 Å². The molecular formula is C28H35BN2O6. The highest BCUT2D eigenvalue weighted by molar-refractivity contribution is 6.48. The summed E-state index contributed by atoms with van der Waals surface area (Å²) in [6.07, 6.45) is 2.19. The van der Waals surface area contributed by atoms with Crippen LogP contribution in [0.25, 0.3) is 0 Å². The Hall–Kier alpha value is -3.01. The third-order valence-corrected chi connectivity index (χ3v) is 7.52. The van der Waals surface area contributed by atoms with Gasteiger partial charge in [0.05, 0.1) is 34.9 Å². The van der Waals surface area contributed by atoms with Crippen LogP contribution in [0.3, 0.4) is 0 Å². The molecule has 9 heteroatoms. The van der Waals surface area contributed by atoms with Crippen LogP contribution in [0.4, 0.5) is 0 Å². The summed E-state index contributed by atoms with van der Waals surface area (Å²) in [5.41, 5.74) is 0.617. The van der Waals surface area contributed by atoms with Crippen LogP contribution in [0, 0.1) is 0 Å². The number of benzene rings is 2. The number of carbonyl (C=O) groups is 3. The molecule has 0 unspecified atom stereocenters. The Morgan fingerprint density at radius 1 is 0.946 bits per heavy atom. The van der Waals surface area contributed by atoms with Crippen molar-refractivity contribution >= 4 is 24.8 Å². The summed E-state index contributed by atoms with van der Waals surface area (Å²) in [5, 5.41) is 3.04. The van der Waals surface area contributed by atoms with Crippen molar-refractivity contribution in [1.29, 1.82) is 0 Å². The van der Waals surface area contributed by atoms with Gasteiger partial charge in [-0.2, -0.15) is 0 Å². The largest absolute Gasteiger partial charge is 0.481 e. The Labute approximate surface area is 218 Å². The van der Waals surface area contributed by atoms with Crippen LogP contribution in [0.5, 0.6) is 0 Å². The number of rotatable bonds is 10. The van der Waals surface area contributed by atoms with Gasteiger partial charge in [-0.3, -0.25) is 19.3 Å². The number of amides is 3. The Balaban J connectivity index is 1.53. The zero-order valence-electron chi connectivity index (χ0n) is 22.2. The van der Waals surface area contributed by atoms with E-state index < -0.39 is 48.0 Å². The summed E-state index contributed by atoms with van der Waals surface area (Å²) in [5.74, 6) is -1.99. The predicted octanol–water partition coefficient (Wildman–Crippen LogP) is 3.44. The quantitative estimate of drug-likeness (QED) is 0.392. The highest BCUT2D eigenvalue weighted by Crippen LogP contribution is 2.38. The van der Waals surface area contributed by atoms with Crippen LogP contribution in [0.1, 0.15) is 66.8 Å². The lowest BCUT2D eigenvalue weighted by atomic mass is 9.75. The first kappa shape index (κ1) is 27.0. The third-order valence-electron chi connectivity index (χ3n) is 7.52. The second kappa shape index (κ2) is 10.8. The topological polar surface area (TPSA) is 94.2 Å². The van der Waals surface area contributed by atoms with E-state index in [2.05, 4.69) is 17.4 Å². The van der Waals surface area contributed by atoms with Gasteiger partial charge >= 0.3 is 7.12 Å². The van der Waals surface area contributed by atoms with Crippen molar-refractivity contribution in [3.8, 4) is 0 Å². The molecular weight excluding hydrogens is 471 g/mol. The summed E-state index contributed by atoms with van der Waals surface area (Å²) >= 11 is 0. The third kappa shape index (κ3) is 5.49. The van der Waals surface area contributed by atoms with Gasteiger partial charge in [0.15, 0.2) is 0 Å². The Morgan fingerprint density at radius 3 is 2.03 bits per heavy atom. The summed E-state index contributed by atoms with van der Waals surface area (Å²) < 4.78 is 17.8. The van der Waals surface area contributed by atoms with E-state index in [1.165, 1.54) is 12.7 Å². The lowest BCUT2D eigenvalue weighted by molar-refractivity contribution is -0.127. The van der Waals surface area contributed by atoms with Crippen LogP contribution >= 0.6 is 0 Å². The van der Waals surface area contributed by atoms with Crippen molar-refractivity contribution in [3.63, 3.8) is 0 Å². The molecule has 0 radical (unpaired) electrons. The Kier molecular flexibility index (Phi) is 7.87. The number of ether oxygens (including phenoxy) is 1. The van der Waals surface area contributed by atoms with Crippen LogP contribution in [0.15, 0.2) is 54.6 Å². The number of nitrogens with zero attached hydrogens (tertiary/aromatic N) is 1. The van der Waals surface area contributed by atoms with Gasteiger partial charge in [0, 0.05) is 7.11 Å². The lowest BCUT2D eigenvalue weighted by Crippen LogP contribution is -2.57. The average molecular weight is 506 g/mol. The molecule has 0 saturated carbocycles. The molecule has 0 aromatic heterocycles. The van der Waals surface area contributed by atoms with Gasteiger partial charge in [0.25, 0.3) is 11.8 Å². The van der Waals surface area contributed by atoms with Gasteiger partial charge in [-0.1, -0.05) is 42.5 Å². The normalized spacial score (nSPS) is 19.6. The second-order valence-electron chi connectivity index (χ2n) is 10.6. The molecule has 2 aromatic rings. The van der Waals surface area contributed by atoms with Gasteiger partial charge in [-0.15, -0.1) is 0 Å². The summed E-state index contributed by atoms with van der Waals surface area (Å²) in [6, 6.07) is 15.6. The maximum atomic E-state index is 13.6. The highest BCUT2D eigenvalue weighted by atomic mass is 16.7. The fourth-order valence-corrected chi connectivity index (χ4v) is 4.70. The second-order valence-corrected chi connectivity index (χ2v) is 10.6. The zero-order chi connectivity index (χ0) is 26.8. The van der Waals surface area contributed by atoms with E-state index in [4.69, 9.17) is 14.0 Å². The number of aryl methyl sites for hydroxylation is 1. The van der Waals surface area contributed by atoms with Gasteiger partial charge in [-0.05, 0) is 64.7 Å². The molecule has 2 aliphatic rings. The smallest absolute Gasteiger partial charge is 0.402 e. The molecule has 0 spiro atoms. The molecule has 4 rings (SSSR count). The highest BCUT2D eigenvalue weighted by Gasteiger charge is 2.54. The molecule has 37 heavy (non-hydrogen) atoms. The summed E-state index contributed by atoms with van der Waals surface area (Å²) in [6.45, 7) is 7.72. The van der Waals surface area contributed by atoms with Crippen molar-refractivity contribution in [1.82, 2.24) is 10.2 Å². The fourth-order valence-electron chi connectivity index (χ4n) is 4.70. The Bertz CT molecular complexity index is 1100. The number of carbonyl (C=O) groups excluding carboxylic acids is 3. The molecule has 2 aliphatic heterocycles. The molecule has 3 amide bonds. The number of imide groups is 1. The monoisotopic (exact) mass is 506 g/mol. The predicted molar refractivity (Wildman–Crippen MR) is 140 cm³/mol. The standard InChI is InChI=1S/C28H35BN2O6/c1-27(2)28(3,4)37-29(36-27)23(17-11-14-19-12-7-6-8-13-19)30-24(32)22(18-35-5)31-25(33)20-15-9-10-16-21(20)26(31)34/h6-10,12-13,15-16,22-23H,11,14,17-18H2,1-5H3,(H,30,32)/t22-,23+/m1/s1. The molecule has 2 heterocycles. The molecule has 1 N–H and O–H groups in total. The summed E-state index contributed by atoms with van der Waals surface area (Å²) in [4.78, 5) is 40.8. The van der Waals surface area contributed by atoms with E-state index >= 15 is 0 Å². The van der Waals surface area contributed by atoms with Crippen molar-refractivity contribution in [2.24, 2.45) is 0 Å². The first-order valence-corrected chi connectivity index (χ1v) is 12.7. The van der Waals surface area contributed by atoms with E-state index in [0.29, 0.717) is 6.42 Å².